The van der Waals surface area contributed by atoms with Crippen molar-refractivity contribution in [3.63, 3.8) is 0 Å². The molecule has 2 N–H and O–H groups in total. The van der Waals surface area contributed by atoms with E-state index in [2.05, 4.69) is 20.1 Å². The minimum atomic E-state index is -0.146. The zero-order valence-corrected chi connectivity index (χ0v) is 20.3. The predicted octanol–water partition coefficient (Wildman–Crippen LogP) is 3.96. The minimum absolute atomic E-state index is 0.146. The third kappa shape index (κ3) is 5.92. The molecule has 2 aliphatic carbocycles. The minimum Gasteiger partial charge on any atom is -0.464 e. The van der Waals surface area contributed by atoms with Crippen molar-refractivity contribution >= 4 is 22.7 Å². The highest BCUT2D eigenvalue weighted by atomic mass is 16.3. The van der Waals surface area contributed by atoms with Gasteiger partial charge < -0.3 is 19.7 Å². The van der Waals surface area contributed by atoms with Crippen molar-refractivity contribution in [1.82, 2.24) is 15.2 Å². The molecule has 0 aromatic carbocycles. The second kappa shape index (κ2) is 11.1. The van der Waals surface area contributed by atoms with E-state index < -0.39 is 0 Å². The number of aromatic nitrogens is 1. The molecule has 7 heteroatoms. The van der Waals surface area contributed by atoms with Crippen molar-refractivity contribution < 1.29 is 14.3 Å². The Hall–Kier alpha value is -2.12. The maximum Gasteiger partial charge on any atom is 0.220 e. The highest BCUT2D eigenvalue weighted by Gasteiger charge is 2.26. The Kier molecular flexibility index (Phi) is 7.70. The molecule has 1 amide bonds. The lowest BCUT2D eigenvalue weighted by atomic mass is 9.83. The summed E-state index contributed by atoms with van der Waals surface area (Å²) in [5.74, 6) is 2.52. The molecule has 3 fully saturated rings. The lowest BCUT2D eigenvalue weighted by Crippen LogP contribution is -2.47. The van der Waals surface area contributed by atoms with Crippen LogP contribution >= 0.6 is 0 Å². The zero-order valence-electron chi connectivity index (χ0n) is 20.3. The molecule has 0 radical (unpaired) electrons. The maximum atomic E-state index is 12.5. The SMILES string of the molecule is O=C(CC1CCC(O)CC1)NC1CCC(CCN2CCN(c3nccc4occc34)CC2)CC1. The van der Waals surface area contributed by atoms with Crippen LogP contribution in [-0.4, -0.2) is 65.8 Å². The Morgan fingerprint density at radius 1 is 1.00 bits per heavy atom. The van der Waals surface area contributed by atoms with Gasteiger partial charge in [-0.2, -0.15) is 0 Å². The molecule has 2 aromatic rings. The first-order valence-corrected chi connectivity index (χ1v) is 13.4. The molecule has 0 unspecified atom stereocenters. The summed E-state index contributed by atoms with van der Waals surface area (Å²) in [7, 11) is 0. The molecular formula is C27H40N4O3. The number of fused-ring (bicyclic) bond motifs is 1. The fraction of sp³-hybridized carbons (Fsp3) is 0.704. The van der Waals surface area contributed by atoms with Crippen LogP contribution in [0.1, 0.15) is 64.2 Å². The number of nitrogens with zero attached hydrogens (tertiary/aromatic N) is 3. The van der Waals surface area contributed by atoms with E-state index in [1.807, 2.05) is 18.3 Å². The van der Waals surface area contributed by atoms with E-state index in [0.29, 0.717) is 18.4 Å². The van der Waals surface area contributed by atoms with Crippen molar-refractivity contribution in [1.29, 1.82) is 0 Å². The molecule has 186 valence electrons. The third-order valence-electron chi connectivity index (χ3n) is 8.39. The summed E-state index contributed by atoms with van der Waals surface area (Å²) in [6, 6.07) is 4.31. The van der Waals surface area contributed by atoms with Crippen LogP contribution in [0.3, 0.4) is 0 Å². The van der Waals surface area contributed by atoms with Crippen LogP contribution in [0.15, 0.2) is 29.0 Å². The van der Waals surface area contributed by atoms with Crippen LogP contribution in [0, 0.1) is 11.8 Å². The van der Waals surface area contributed by atoms with Crippen LogP contribution < -0.4 is 10.2 Å². The number of nitrogens with one attached hydrogen (secondary N) is 1. The lowest BCUT2D eigenvalue weighted by molar-refractivity contribution is -0.123. The normalized spacial score (nSPS) is 28.8. The summed E-state index contributed by atoms with van der Waals surface area (Å²) in [5, 5.41) is 14.1. The third-order valence-corrected chi connectivity index (χ3v) is 8.39. The summed E-state index contributed by atoms with van der Waals surface area (Å²) in [5.41, 5.74) is 0.910. The number of hydrogen-bond acceptors (Lipinski definition) is 6. The topological polar surface area (TPSA) is 81.8 Å². The van der Waals surface area contributed by atoms with Crippen LogP contribution in [0.2, 0.25) is 0 Å². The number of anilines is 1. The largest absolute Gasteiger partial charge is 0.464 e. The number of amides is 1. The Morgan fingerprint density at radius 3 is 2.50 bits per heavy atom. The summed E-state index contributed by atoms with van der Waals surface area (Å²) >= 11 is 0. The average Bonchev–Trinajstić information content (AvgIpc) is 3.35. The molecule has 34 heavy (non-hydrogen) atoms. The molecule has 1 aliphatic heterocycles. The van der Waals surface area contributed by atoms with E-state index in [4.69, 9.17) is 4.42 Å². The van der Waals surface area contributed by atoms with Crippen LogP contribution in [0.5, 0.6) is 0 Å². The van der Waals surface area contributed by atoms with E-state index in [1.54, 1.807) is 6.26 Å². The number of piperazine rings is 1. The standard InChI is InChI=1S/C27H40N4O3/c32-23-7-3-21(4-8-23)19-26(33)29-22-5-1-20(2-6-22)10-13-30-14-16-31(17-15-30)27-24-11-18-34-25(24)9-12-28-27/h9,11-12,18,20-23,32H,1-8,10,13-17,19H2,(H,29,33). The van der Waals surface area contributed by atoms with E-state index in [-0.39, 0.29) is 12.0 Å². The van der Waals surface area contributed by atoms with Gasteiger partial charge in [-0.3, -0.25) is 9.69 Å². The molecule has 7 nitrogen and oxygen atoms in total. The number of hydrogen-bond donors (Lipinski definition) is 2. The summed E-state index contributed by atoms with van der Waals surface area (Å²) in [4.78, 5) is 22.1. The smallest absolute Gasteiger partial charge is 0.220 e. The second-order valence-corrected chi connectivity index (χ2v) is 10.7. The van der Waals surface area contributed by atoms with Gasteiger partial charge in [-0.1, -0.05) is 0 Å². The monoisotopic (exact) mass is 468 g/mol. The summed E-state index contributed by atoms with van der Waals surface area (Å²) in [6.07, 6.45) is 13.7. The van der Waals surface area contributed by atoms with E-state index in [1.165, 1.54) is 25.8 Å². The maximum absolute atomic E-state index is 12.5. The molecular weight excluding hydrogens is 428 g/mol. The van der Waals surface area contributed by atoms with Crippen molar-refractivity contribution in [2.75, 3.05) is 37.6 Å². The second-order valence-electron chi connectivity index (χ2n) is 10.7. The van der Waals surface area contributed by atoms with Gasteiger partial charge in [0.2, 0.25) is 5.91 Å². The van der Waals surface area contributed by atoms with Gasteiger partial charge in [-0.05, 0) is 88.3 Å². The highest BCUT2D eigenvalue weighted by molar-refractivity contribution is 5.88. The Labute approximate surface area is 202 Å². The summed E-state index contributed by atoms with van der Waals surface area (Å²) < 4.78 is 5.53. The van der Waals surface area contributed by atoms with E-state index in [0.717, 1.165) is 87.4 Å². The Morgan fingerprint density at radius 2 is 1.74 bits per heavy atom. The number of rotatable bonds is 7. The van der Waals surface area contributed by atoms with Crippen molar-refractivity contribution in [2.45, 2.75) is 76.4 Å². The van der Waals surface area contributed by atoms with Crippen LogP contribution in [0.25, 0.3) is 11.0 Å². The number of aliphatic hydroxyl groups excluding tert-OH is 1. The van der Waals surface area contributed by atoms with Gasteiger partial charge in [0.25, 0.3) is 0 Å². The van der Waals surface area contributed by atoms with Gasteiger partial charge in [-0.15, -0.1) is 0 Å². The fourth-order valence-corrected chi connectivity index (χ4v) is 6.17. The first kappa shape index (κ1) is 23.6. The van der Waals surface area contributed by atoms with Crippen molar-refractivity contribution in [2.24, 2.45) is 11.8 Å². The fourth-order valence-electron chi connectivity index (χ4n) is 6.17. The summed E-state index contributed by atoms with van der Waals surface area (Å²) in [6.45, 7) is 5.36. The number of pyridine rings is 1. The first-order valence-electron chi connectivity index (χ1n) is 13.4. The van der Waals surface area contributed by atoms with Gasteiger partial charge in [0.15, 0.2) is 0 Å². The van der Waals surface area contributed by atoms with Gasteiger partial charge in [0.1, 0.15) is 11.4 Å². The van der Waals surface area contributed by atoms with E-state index in [9.17, 15) is 9.90 Å². The number of furan rings is 1. The highest BCUT2D eigenvalue weighted by Crippen LogP contribution is 2.30. The molecule has 0 atom stereocenters. The van der Waals surface area contributed by atoms with E-state index >= 15 is 0 Å². The van der Waals surface area contributed by atoms with Crippen LogP contribution in [0.4, 0.5) is 5.82 Å². The first-order chi connectivity index (χ1) is 16.6. The number of carbonyl (C=O) groups excluding carboxylic acids is 1. The molecule has 2 saturated carbocycles. The molecule has 0 bridgehead atoms. The Bertz CT molecular complexity index is 923. The molecule has 3 heterocycles. The average molecular weight is 469 g/mol. The Balaban J connectivity index is 0.980. The van der Waals surface area contributed by atoms with Gasteiger partial charge in [0.05, 0.1) is 17.8 Å². The van der Waals surface area contributed by atoms with Crippen LogP contribution in [-0.2, 0) is 4.79 Å². The molecule has 5 rings (SSSR count). The predicted molar refractivity (Wildman–Crippen MR) is 134 cm³/mol. The molecule has 0 spiro atoms. The quantitative estimate of drug-likeness (QED) is 0.640. The van der Waals surface area contributed by atoms with Crippen molar-refractivity contribution in [3.05, 3.63) is 24.6 Å². The zero-order chi connectivity index (χ0) is 23.3. The van der Waals surface area contributed by atoms with Gasteiger partial charge in [0, 0.05) is 44.8 Å². The van der Waals surface area contributed by atoms with Crippen molar-refractivity contribution in [3.8, 4) is 0 Å². The molecule has 3 aliphatic rings. The van der Waals surface area contributed by atoms with Gasteiger partial charge in [-0.25, -0.2) is 4.98 Å². The molecule has 1 saturated heterocycles. The molecule has 2 aromatic heterocycles. The van der Waals surface area contributed by atoms with Gasteiger partial charge >= 0.3 is 0 Å². The lowest BCUT2D eigenvalue weighted by Gasteiger charge is -2.37. The number of aliphatic hydroxyl groups is 1. The number of carbonyl (C=O) groups is 1.